The van der Waals surface area contributed by atoms with Crippen LogP contribution in [0.5, 0.6) is 0 Å². The summed E-state index contributed by atoms with van der Waals surface area (Å²) in [5.41, 5.74) is 2.01. The fourth-order valence-corrected chi connectivity index (χ4v) is 2.64. The minimum Gasteiger partial charge on any atom is -0.478 e. The first-order valence-electron chi connectivity index (χ1n) is 4.57. The van der Waals surface area contributed by atoms with E-state index in [1.807, 2.05) is 0 Å². The predicted octanol–water partition coefficient (Wildman–Crippen LogP) is 2.67. The van der Waals surface area contributed by atoms with E-state index in [-0.39, 0.29) is 5.56 Å². The zero-order chi connectivity index (χ0) is 12.3. The Hall–Kier alpha value is -1.47. The van der Waals surface area contributed by atoms with E-state index in [9.17, 15) is 9.18 Å². The summed E-state index contributed by atoms with van der Waals surface area (Å²) in [4.78, 5) is 10.6. The van der Waals surface area contributed by atoms with Crippen molar-refractivity contribution >= 4 is 29.1 Å². The van der Waals surface area contributed by atoms with Gasteiger partial charge in [0.25, 0.3) is 0 Å². The third-order valence-corrected chi connectivity index (χ3v) is 3.90. The van der Waals surface area contributed by atoms with Crippen LogP contribution in [-0.4, -0.2) is 21.3 Å². The van der Waals surface area contributed by atoms with Gasteiger partial charge in [0.15, 0.2) is 4.34 Å². The molecule has 0 saturated heterocycles. The summed E-state index contributed by atoms with van der Waals surface area (Å²) in [7, 11) is 0. The summed E-state index contributed by atoms with van der Waals surface area (Å²) < 4.78 is 14.3. The number of rotatable bonds is 4. The zero-order valence-electron chi connectivity index (χ0n) is 8.46. The molecule has 1 aromatic carbocycles. The van der Waals surface area contributed by atoms with E-state index in [0.29, 0.717) is 11.3 Å². The molecule has 0 radical (unpaired) electrons. The molecule has 4 nitrogen and oxygen atoms in total. The number of carbonyl (C=O) groups is 1. The van der Waals surface area contributed by atoms with Crippen molar-refractivity contribution in [2.75, 3.05) is 0 Å². The number of aromatic carboxylic acids is 1. The molecule has 0 aliphatic carbocycles. The fourth-order valence-electron chi connectivity index (χ4n) is 1.16. The summed E-state index contributed by atoms with van der Waals surface area (Å²) >= 11 is 2.75. The molecule has 1 aromatic heterocycles. The molecule has 0 fully saturated rings. The Morgan fingerprint density at radius 1 is 1.53 bits per heavy atom. The number of hydrogen-bond acceptors (Lipinski definition) is 5. The van der Waals surface area contributed by atoms with Crippen molar-refractivity contribution in [2.45, 2.75) is 10.1 Å². The number of halogens is 1. The van der Waals surface area contributed by atoms with E-state index in [1.54, 1.807) is 5.51 Å². The molecular weight excluding hydrogens is 263 g/mol. The second-order valence-corrected chi connectivity index (χ2v) is 5.16. The largest absolute Gasteiger partial charge is 0.478 e. The van der Waals surface area contributed by atoms with Gasteiger partial charge in [-0.15, -0.1) is 10.2 Å². The van der Waals surface area contributed by atoms with Gasteiger partial charge in [-0.25, -0.2) is 9.18 Å². The molecule has 0 aliphatic rings. The monoisotopic (exact) mass is 270 g/mol. The van der Waals surface area contributed by atoms with Crippen LogP contribution >= 0.6 is 23.1 Å². The van der Waals surface area contributed by atoms with Gasteiger partial charge < -0.3 is 5.11 Å². The van der Waals surface area contributed by atoms with Gasteiger partial charge in [0, 0.05) is 5.75 Å². The number of carboxylic acids is 1. The molecule has 17 heavy (non-hydrogen) atoms. The molecule has 0 amide bonds. The number of hydrogen-bond donors (Lipinski definition) is 1. The highest BCUT2D eigenvalue weighted by Crippen LogP contribution is 2.25. The zero-order valence-corrected chi connectivity index (χ0v) is 10.1. The fraction of sp³-hybridized carbons (Fsp3) is 0.100. The molecule has 0 aliphatic heterocycles. The molecule has 7 heteroatoms. The first-order chi connectivity index (χ1) is 8.16. The van der Waals surface area contributed by atoms with Gasteiger partial charge in [-0.05, 0) is 17.7 Å². The van der Waals surface area contributed by atoms with Gasteiger partial charge >= 0.3 is 5.97 Å². The average Bonchev–Trinajstić information content (AvgIpc) is 2.80. The summed E-state index contributed by atoms with van der Waals surface area (Å²) in [5, 5.41) is 16.2. The van der Waals surface area contributed by atoms with Crippen LogP contribution in [0.2, 0.25) is 0 Å². The van der Waals surface area contributed by atoms with E-state index in [0.717, 1.165) is 10.4 Å². The Kier molecular flexibility index (Phi) is 3.70. The van der Waals surface area contributed by atoms with Gasteiger partial charge in [-0.3, -0.25) is 0 Å². The van der Waals surface area contributed by atoms with Crippen LogP contribution in [0.4, 0.5) is 4.39 Å². The van der Waals surface area contributed by atoms with Crippen molar-refractivity contribution < 1.29 is 14.3 Å². The predicted molar refractivity (Wildman–Crippen MR) is 62.8 cm³/mol. The van der Waals surface area contributed by atoms with Crippen molar-refractivity contribution in [3.63, 3.8) is 0 Å². The van der Waals surface area contributed by atoms with Crippen molar-refractivity contribution in [3.8, 4) is 0 Å². The molecule has 2 aromatic rings. The van der Waals surface area contributed by atoms with E-state index in [4.69, 9.17) is 5.11 Å². The number of benzene rings is 1. The third-order valence-electron chi connectivity index (χ3n) is 1.99. The molecule has 0 atom stereocenters. The van der Waals surface area contributed by atoms with Crippen LogP contribution in [0.3, 0.4) is 0 Å². The van der Waals surface area contributed by atoms with Crippen LogP contribution in [0.15, 0.2) is 28.0 Å². The Bertz CT molecular complexity index is 531. The summed E-state index contributed by atoms with van der Waals surface area (Å²) in [6.45, 7) is 0. The lowest BCUT2D eigenvalue weighted by Gasteiger charge is -2.02. The van der Waals surface area contributed by atoms with Gasteiger partial charge in [-0.2, -0.15) is 0 Å². The molecule has 1 heterocycles. The lowest BCUT2D eigenvalue weighted by Crippen LogP contribution is -1.98. The van der Waals surface area contributed by atoms with Crippen LogP contribution in [0.1, 0.15) is 15.9 Å². The van der Waals surface area contributed by atoms with Crippen LogP contribution in [0.25, 0.3) is 0 Å². The maximum atomic E-state index is 13.5. The van der Waals surface area contributed by atoms with Gasteiger partial charge in [0.1, 0.15) is 11.3 Å². The number of carboxylic acid groups (broad SMARTS) is 1. The lowest BCUT2D eigenvalue weighted by atomic mass is 10.1. The second-order valence-electron chi connectivity index (χ2n) is 3.10. The summed E-state index contributed by atoms with van der Waals surface area (Å²) in [5.74, 6) is -1.24. The number of aromatic nitrogens is 2. The molecule has 0 spiro atoms. The van der Waals surface area contributed by atoms with Gasteiger partial charge in [0.05, 0.1) is 5.56 Å². The van der Waals surface area contributed by atoms with Gasteiger partial charge in [-0.1, -0.05) is 29.2 Å². The van der Waals surface area contributed by atoms with Crippen molar-refractivity contribution in [2.24, 2.45) is 0 Å². The minimum atomic E-state index is -1.13. The van der Waals surface area contributed by atoms with E-state index >= 15 is 0 Å². The summed E-state index contributed by atoms with van der Waals surface area (Å²) in [6, 6.07) is 3.90. The molecule has 2 rings (SSSR count). The summed E-state index contributed by atoms with van der Waals surface area (Å²) in [6.07, 6.45) is 0. The Labute approximate surface area is 105 Å². The standard InChI is InChI=1S/C10H7FN2O2S2/c11-8-3-6(9(14)15)1-2-7(8)4-16-10-13-12-5-17-10/h1-3,5H,4H2,(H,14,15). The second kappa shape index (κ2) is 5.24. The van der Waals surface area contributed by atoms with E-state index in [2.05, 4.69) is 10.2 Å². The maximum Gasteiger partial charge on any atom is 0.335 e. The molecule has 0 bridgehead atoms. The molecule has 88 valence electrons. The van der Waals surface area contributed by atoms with Crippen molar-refractivity contribution in [1.82, 2.24) is 10.2 Å². The Morgan fingerprint density at radius 2 is 2.35 bits per heavy atom. The smallest absolute Gasteiger partial charge is 0.335 e. The highest BCUT2D eigenvalue weighted by molar-refractivity contribution is 8.00. The minimum absolute atomic E-state index is 0.0489. The molecule has 0 unspecified atom stereocenters. The third kappa shape index (κ3) is 3.01. The van der Waals surface area contributed by atoms with Crippen molar-refractivity contribution in [3.05, 3.63) is 40.7 Å². The first kappa shape index (κ1) is 12.0. The SMILES string of the molecule is O=C(O)c1ccc(CSc2nncs2)c(F)c1. The van der Waals surface area contributed by atoms with Gasteiger partial charge in [0.2, 0.25) is 0 Å². The average molecular weight is 270 g/mol. The molecular formula is C10H7FN2O2S2. The number of thioether (sulfide) groups is 1. The topological polar surface area (TPSA) is 63.1 Å². The Morgan fingerprint density at radius 3 is 2.94 bits per heavy atom. The van der Waals surface area contributed by atoms with Crippen LogP contribution < -0.4 is 0 Å². The normalized spacial score (nSPS) is 10.4. The maximum absolute atomic E-state index is 13.5. The lowest BCUT2D eigenvalue weighted by molar-refractivity contribution is 0.0696. The first-order valence-corrected chi connectivity index (χ1v) is 6.44. The Balaban J connectivity index is 2.09. The van der Waals surface area contributed by atoms with Crippen LogP contribution in [-0.2, 0) is 5.75 Å². The highest BCUT2D eigenvalue weighted by atomic mass is 32.2. The van der Waals surface area contributed by atoms with E-state index < -0.39 is 11.8 Å². The molecule has 0 saturated carbocycles. The molecule has 1 N–H and O–H groups in total. The highest BCUT2D eigenvalue weighted by Gasteiger charge is 2.09. The van der Waals surface area contributed by atoms with E-state index in [1.165, 1.54) is 35.2 Å². The van der Waals surface area contributed by atoms with Crippen molar-refractivity contribution in [1.29, 1.82) is 0 Å². The quantitative estimate of drug-likeness (QED) is 0.865. The van der Waals surface area contributed by atoms with Crippen LogP contribution in [0, 0.1) is 5.82 Å². The number of nitrogens with zero attached hydrogens (tertiary/aromatic N) is 2.